The normalized spacial score (nSPS) is 18.2. The average molecular weight is 349 g/mol. The molecule has 2 heterocycles. The first-order valence-electron chi connectivity index (χ1n) is 6.91. The van der Waals surface area contributed by atoms with Crippen molar-refractivity contribution in [3.05, 3.63) is 46.2 Å². The Bertz CT molecular complexity index is 665. The fourth-order valence-corrected chi connectivity index (χ4v) is 2.87. The van der Waals surface area contributed by atoms with Crippen LogP contribution in [0.5, 0.6) is 0 Å². The highest BCUT2D eigenvalue weighted by Gasteiger charge is 2.27. The van der Waals surface area contributed by atoms with Gasteiger partial charge in [0, 0.05) is 23.6 Å². The van der Waals surface area contributed by atoms with Gasteiger partial charge in [-0.25, -0.2) is 4.68 Å². The van der Waals surface area contributed by atoms with E-state index in [4.69, 9.17) is 5.73 Å². The SMILES string of the molecule is Cc1c(C(=O)N2CC[C@@H](N)C2)cnn1-c1ccc(Br)cc1. The number of nitrogens with zero attached hydrogens (tertiary/aromatic N) is 3. The van der Waals surface area contributed by atoms with E-state index in [9.17, 15) is 4.79 Å². The predicted octanol–water partition coefficient (Wildman–Crippen LogP) is 2.12. The molecule has 5 nitrogen and oxygen atoms in total. The van der Waals surface area contributed by atoms with Crippen LogP contribution < -0.4 is 5.73 Å². The van der Waals surface area contributed by atoms with Crippen LogP contribution in [0.25, 0.3) is 5.69 Å². The van der Waals surface area contributed by atoms with Crippen molar-refractivity contribution < 1.29 is 4.79 Å². The minimum Gasteiger partial charge on any atom is -0.337 e. The van der Waals surface area contributed by atoms with Crippen LogP contribution in [0.15, 0.2) is 34.9 Å². The zero-order valence-electron chi connectivity index (χ0n) is 11.8. The van der Waals surface area contributed by atoms with E-state index in [0.717, 1.165) is 28.8 Å². The predicted molar refractivity (Wildman–Crippen MR) is 84.5 cm³/mol. The van der Waals surface area contributed by atoms with Crippen LogP contribution in [0.3, 0.4) is 0 Å². The number of likely N-dealkylation sites (tertiary alicyclic amines) is 1. The second kappa shape index (κ2) is 5.61. The summed E-state index contributed by atoms with van der Waals surface area (Å²) in [5, 5.41) is 4.35. The minimum absolute atomic E-state index is 0.0174. The maximum atomic E-state index is 12.5. The van der Waals surface area contributed by atoms with E-state index in [2.05, 4.69) is 21.0 Å². The molecule has 1 saturated heterocycles. The Hall–Kier alpha value is -1.66. The largest absolute Gasteiger partial charge is 0.337 e. The standard InChI is InChI=1S/C15H17BrN4O/c1-10-14(15(21)19-7-6-12(17)9-19)8-18-20(10)13-4-2-11(16)3-5-13/h2-5,8,12H,6-7,9,17H2,1H3/t12-/m1/s1. The molecule has 0 unspecified atom stereocenters. The lowest BCUT2D eigenvalue weighted by Gasteiger charge is -2.15. The van der Waals surface area contributed by atoms with Gasteiger partial charge in [-0.2, -0.15) is 5.10 Å². The van der Waals surface area contributed by atoms with Gasteiger partial charge in [-0.05, 0) is 37.6 Å². The molecule has 0 spiro atoms. The van der Waals surface area contributed by atoms with E-state index in [1.807, 2.05) is 31.2 Å². The number of hydrogen-bond donors (Lipinski definition) is 1. The molecule has 0 radical (unpaired) electrons. The molecule has 1 amide bonds. The molecule has 1 aliphatic heterocycles. The molecule has 1 aromatic carbocycles. The summed E-state index contributed by atoms with van der Waals surface area (Å²) >= 11 is 3.41. The van der Waals surface area contributed by atoms with Crippen LogP contribution in [0.2, 0.25) is 0 Å². The molecule has 110 valence electrons. The van der Waals surface area contributed by atoms with Gasteiger partial charge in [0.1, 0.15) is 0 Å². The Balaban J connectivity index is 1.88. The first-order valence-corrected chi connectivity index (χ1v) is 7.71. The van der Waals surface area contributed by atoms with Gasteiger partial charge in [0.15, 0.2) is 0 Å². The summed E-state index contributed by atoms with van der Waals surface area (Å²) in [5.41, 5.74) is 8.30. The number of nitrogens with two attached hydrogens (primary N) is 1. The minimum atomic E-state index is 0.0174. The second-order valence-corrected chi connectivity index (χ2v) is 6.25. The molecule has 2 N–H and O–H groups in total. The number of benzene rings is 1. The monoisotopic (exact) mass is 348 g/mol. The molecule has 21 heavy (non-hydrogen) atoms. The number of carbonyl (C=O) groups is 1. The van der Waals surface area contributed by atoms with Gasteiger partial charge in [-0.15, -0.1) is 0 Å². The van der Waals surface area contributed by atoms with Gasteiger partial charge in [0.2, 0.25) is 0 Å². The van der Waals surface area contributed by atoms with E-state index in [-0.39, 0.29) is 11.9 Å². The quantitative estimate of drug-likeness (QED) is 0.903. The molecule has 1 aliphatic rings. The highest BCUT2D eigenvalue weighted by molar-refractivity contribution is 9.10. The Morgan fingerprint density at radius 1 is 1.38 bits per heavy atom. The second-order valence-electron chi connectivity index (χ2n) is 5.33. The van der Waals surface area contributed by atoms with Gasteiger partial charge in [-0.3, -0.25) is 4.79 Å². The number of rotatable bonds is 2. The van der Waals surface area contributed by atoms with Crippen molar-refractivity contribution in [2.45, 2.75) is 19.4 Å². The summed E-state index contributed by atoms with van der Waals surface area (Å²) in [5.74, 6) is 0.0174. The number of amides is 1. The molecule has 6 heteroatoms. The molecule has 1 atom stereocenters. The molecule has 2 aromatic rings. The molecular formula is C15H17BrN4O. The third-order valence-corrected chi connectivity index (χ3v) is 4.35. The Morgan fingerprint density at radius 3 is 2.71 bits per heavy atom. The number of aromatic nitrogens is 2. The molecule has 1 aromatic heterocycles. The van der Waals surface area contributed by atoms with E-state index >= 15 is 0 Å². The number of carbonyl (C=O) groups excluding carboxylic acids is 1. The van der Waals surface area contributed by atoms with Crippen LogP contribution in [0, 0.1) is 6.92 Å². The highest BCUT2D eigenvalue weighted by atomic mass is 79.9. The lowest BCUT2D eigenvalue weighted by molar-refractivity contribution is 0.0790. The first-order chi connectivity index (χ1) is 10.1. The van der Waals surface area contributed by atoms with E-state index in [1.165, 1.54) is 0 Å². The van der Waals surface area contributed by atoms with Crippen molar-refractivity contribution in [2.24, 2.45) is 5.73 Å². The van der Waals surface area contributed by atoms with Crippen molar-refractivity contribution in [1.29, 1.82) is 0 Å². The van der Waals surface area contributed by atoms with Gasteiger partial charge < -0.3 is 10.6 Å². The van der Waals surface area contributed by atoms with Crippen LogP contribution in [-0.2, 0) is 0 Å². The van der Waals surface area contributed by atoms with Crippen molar-refractivity contribution >= 4 is 21.8 Å². The topological polar surface area (TPSA) is 64.2 Å². The van der Waals surface area contributed by atoms with Crippen molar-refractivity contribution in [3.63, 3.8) is 0 Å². The summed E-state index contributed by atoms with van der Waals surface area (Å²) in [6.45, 7) is 3.27. The maximum absolute atomic E-state index is 12.5. The maximum Gasteiger partial charge on any atom is 0.257 e. The molecule has 0 aliphatic carbocycles. The first kappa shape index (κ1) is 14.3. The zero-order chi connectivity index (χ0) is 15.0. The van der Waals surface area contributed by atoms with Gasteiger partial charge >= 0.3 is 0 Å². The van der Waals surface area contributed by atoms with Gasteiger partial charge in [-0.1, -0.05) is 15.9 Å². The summed E-state index contributed by atoms with van der Waals surface area (Å²) in [6.07, 6.45) is 2.51. The van der Waals surface area contributed by atoms with Crippen molar-refractivity contribution in [3.8, 4) is 5.69 Å². The molecule has 1 fully saturated rings. The van der Waals surface area contributed by atoms with Gasteiger partial charge in [0.25, 0.3) is 5.91 Å². The van der Waals surface area contributed by atoms with Crippen LogP contribution >= 0.6 is 15.9 Å². The lowest BCUT2D eigenvalue weighted by Crippen LogP contribution is -2.32. The molecular weight excluding hydrogens is 332 g/mol. The Labute approximate surface area is 131 Å². The van der Waals surface area contributed by atoms with Crippen molar-refractivity contribution in [1.82, 2.24) is 14.7 Å². The Kier molecular flexibility index (Phi) is 3.82. The smallest absolute Gasteiger partial charge is 0.257 e. The van der Waals surface area contributed by atoms with Gasteiger partial charge in [0.05, 0.1) is 23.1 Å². The fraction of sp³-hybridized carbons (Fsp3) is 0.333. The molecule has 0 bridgehead atoms. The lowest BCUT2D eigenvalue weighted by atomic mass is 10.2. The van der Waals surface area contributed by atoms with E-state index < -0.39 is 0 Å². The molecule has 3 rings (SSSR count). The Morgan fingerprint density at radius 2 is 2.10 bits per heavy atom. The van der Waals surface area contributed by atoms with Crippen molar-refractivity contribution in [2.75, 3.05) is 13.1 Å². The number of hydrogen-bond acceptors (Lipinski definition) is 3. The van der Waals surface area contributed by atoms with Crippen LogP contribution in [0.4, 0.5) is 0 Å². The summed E-state index contributed by atoms with van der Waals surface area (Å²) in [6, 6.07) is 7.93. The molecule has 0 saturated carbocycles. The average Bonchev–Trinajstić information content (AvgIpc) is 3.06. The third kappa shape index (κ3) is 2.73. The summed E-state index contributed by atoms with van der Waals surface area (Å²) in [7, 11) is 0. The van der Waals surface area contributed by atoms with E-state index in [1.54, 1.807) is 15.8 Å². The summed E-state index contributed by atoms with van der Waals surface area (Å²) in [4.78, 5) is 14.3. The highest BCUT2D eigenvalue weighted by Crippen LogP contribution is 2.19. The number of halogens is 1. The fourth-order valence-electron chi connectivity index (χ4n) is 2.60. The summed E-state index contributed by atoms with van der Waals surface area (Å²) < 4.78 is 2.80. The third-order valence-electron chi connectivity index (χ3n) is 3.82. The van der Waals surface area contributed by atoms with E-state index in [0.29, 0.717) is 12.1 Å². The zero-order valence-corrected chi connectivity index (χ0v) is 13.4. The van der Waals surface area contributed by atoms with Crippen LogP contribution in [0.1, 0.15) is 22.5 Å². The van der Waals surface area contributed by atoms with Crippen LogP contribution in [-0.4, -0.2) is 39.7 Å².